The molecular formula is C29H31ClN4O. The fraction of sp³-hybridized carbons (Fsp3) is 0.241. The predicted octanol–water partition coefficient (Wildman–Crippen LogP) is 8.30. The molecule has 6 heteroatoms. The molecule has 1 heterocycles. The first kappa shape index (κ1) is 24.6. The maximum atomic E-state index is 13.4. The SMILES string of the molecule is CC(C)c1cccc(C(C)C)c1NC(=O)Nc1c(-c2ccccc2Cl)nc(-c2ccccc2)n1C. The average Bonchev–Trinajstić information content (AvgIpc) is 3.15. The number of halogens is 1. The van der Waals surface area contributed by atoms with E-state index in [1.807, 2.05) is 66.2 Å². The van der Waals surface area contributed by atoms with Crippen molar-refractivity contribution >= 4 is 29.1 Å². The van der Waals surface area contributed by atoms with E-state index >= 15 is 0 Å². The van der Waals surface area contributed by atoms with Crippen LogP contribution < -0.4 is 10.6 Å². The lowest BCUT2D eigenvalue weighted by molar-refractivity contribution is 0.262. The second-order valence-corrected chi connectivity index (χ2v) is 9.64. The number of hydrogen-bond acceptors (Lipinski definition) is 2. The maximum Gasteiger partial charge on any atom is 0.324 e. The summed E-state index contributed by atoms with van der Waals surface area (Å²) < 4.78 is 1.89. The molecular weight excluding hydrogens is 456 g/mol. The second kappa shape index (κ2) is 10.4. The van der Waals surface area contributed by atoms with Crippen LogP contribution in [0.5, 0.6) is 0 Å². The van der Waals surface area contributed by atoms with Crippen molar-refractivity contribution in [2.45, 2.75) is 39.5 Å². The molecule has 35 heavy (non-hydrogen) atoms. The van der Waals surface area contributed by atoms with E-state index in [0.29, 0.717) is 16.5 Å². The summed E-state index contributed by atoms with van der Waals surface area (Å²) in [7, 11) is 1.90. The van der Waals surface area contributed by atoms with Gasteiger partial charge in [0, 0.05) is 23.9 Å². The highest BCUT2D eigenvalue weighted by molar-refractivity contribution is 6.33. The average molecular weight is 487 g/mol. The zero-order chi connectivity index (χ0) is 25.1. The molecule has 3 aromatic carbocycles. The summed E-state index contributed by atoms with van der Waals surface area (Å²) in [5.41, 5.74) is 5.39. The minimum atomic E-state index is -0.323. The molecule has 4 aromatic rings. The number of nitrogens with one attached hydrogen (secondary N) is 2. The van der Waals surface area contributed by atoms with Crippen molar-refractivity contribution in [3.05, 3.63) is 88.9 Å². The van der Waals surface area contributed by atoms with Gasteiger partial charge in [0.05, 0.1) is 5.02 Å². The Kier molecular flexibility index (Phi) is 7.27. The molecule has 4 rings (SSSR count). The van der Waals surface area contributed by atoms with Crippen LogP contribution in [0, 0.1) is 0 Å². The molecule has 1 aromatic heterocycles. The van der Waals surface area contributed by atoms with Crippen LogP contribution in [0.15, 0.2) is 72.8 Å². The van der Waals surface area contributed by atoms with Crippen molar-refractivity contribution in [3.8, 4) is 22.6 Å². The summed E-state index contributed by atoms with van der Waals surface area (Å²) in [6, 6.07) is 23.3. The zero-order valence-corrected chi connectivity index (χ0v) is 21.5. The lowest BCUT2D eigenvalue weighted by Crippen LogP contribution is -2.23. The van der Waals surface area contributed by atoms with Crippen LogP contribution in [-0.4, -0.2) is 15.6 Å². The number of para-hydroxylation sites is 1. The Labute approximate surface area is 212 Å². The molecule has 180 valence electrons. The molecule has 0 spiro atoms. The first-order chi connectivity index (χ1) is 16.8. The smallest absolute Gasteiger partial charge is 0.313 e. The van der Waals surface area contributed by atoms with Gasteiger partial charge in [0.15, 0.2) is 0 Å². The van der Waals surface area contributed by atoms with Crippen molar-refractivity contribution in [1.29, 1.82) is 0 Å². The van der Waals surface area contributed by atoms with Crippen molar-refractivity contribution in [2.75, 3.05) is 10.6 Å². The lowest BCUT2D eigenvalue weighted by Gasteiger charge is -2.20. The van der Waals surface area contributed by atoms with Gasteiger partial charge in [-0.25, -0.2) is 9.78 Å². The molecule has 0 fully saturated rings. The van der Waals surface area contributed by atoms with Crippen molar-refractivity contribution in [2.24, 2.45) is 7.05 Å². The summed E-state index contributed by atoms with van der Waals surface area (Å²) in [5, 5.41) is 6.77. The van der Waals surface area contributed by atoms with E-state index < -0.39 is 0 Å². The van der Waals surface area contributed by atoms with Gasteiger partial charge in [-0.15, -0.1) is 0 Å². The molecule has 0 bridgehead atoms. The summed E-state index contributed by atoms with van der Waals surface area (Å²) in [6.07, 6.45) is 0. The Bertz CT molecular complexity index is 1320. The molecule has 0 unspecified atom stereocenters. The number of rotatable bonds is 6. The maximum absolute atomic E-state index is 13.4. The fourth-order valence-electron chi connectivity index (χ4n) is 4.28. The first-order valence-corrected chi connectivity index (χ1v) is 12.2. The van der Waals surface area contributed by atoms with Crippen LogP contribution in [0.25, 0.3) is 22.6 Å². The number of benzene rings is 3. The highest BCUT2D eigenvalue weighted by atomic mass is 35.5. The lowest BCUT2D eigenvalue weighted by atomic mass is 9.93. The third-order valence-electron chi connectivity index (χ3n) is 6.10. The van der Waals surface area contributed by atoms with E-state index in [1.165, 1.54) is 0 Å². The summed E-state index contributed by atoms with van der Waals surface area (Å²) >= 11 is 6.54. The molecule has 2 N–H and O–H groups in total. The quantitative estimate of drug-likeness (QED) is 0.288. The summed E-state index contributed by atoms with van der Waals surface area (Å²) in [5.74, 6) is 1.84. The molecule has 0 aliphatic heterocycles. The van der Waals surface area contributed by atoms with E-state index in [0.717, 1.165) is 33.8 Å². The van der Waals surface area contributed by atoms with Gasteiger partial charge in [-0.2, -0.15) is 0 Å². The number of urea groups is 1. The molecule has 5 nitrogen and oxygen atoms in total. The zero-order valence-electron chi connectivity index (χ0n) is 20.8. The Morgan fingerprint density at radius 2 is 1.43 bits per heavy atom. The minimum Gasteiger partial charge on any atom is -0.313 e. The van der Waals surface area contributed by atoms with Crippen LogP contribution >= 0.6 is 11.6 Å². The Morgan fingerprint density at radius 3 is 2.03 bits per heavy atom. The van der Waals surface area contributed by atoms with E-state index in [1.54, 1.807) is 0 Å². The third kappa shape index (κ3) is 5.10. The van der Waals surface area contributed by atoms with Crippen molar-refractivity contribution in [3.63, 3.8) is 0 Å². The first-order valence-electron chi connectivity index (χ1n) is 11.9. The Balaban J connectivity index is 1.77. The number of hydrogen-bond donors (Lipinski definition) is 2. The van der Waals surface area contributed by atoms with Gasteiger partial charge in [0.2, 0.25) is 0 Å². The van der Waals surface area contributed by atoms with Crippen LogP contribution in [0.4, 0.5) is 16.3 Å². The molecule has 0 radical (unpaired) electrons. The molecule has 0 saturated heterocycles. The van der Waals surface area contributed by atoms with Crippen LogP contribution in [0.2, 0.25) is 5.02 Å². The number of carbonyl (C=O) groups is 1. The Hall–Kier alpha value is -3.57. The van der Waals surface area contributed by atoms with Gasteiger partial charge in [0.1, 0.15) is 17.3 Å². The topological polar surface area (TPSA) is 59.0 Å². The number of nitrogens with zero attached hydrogens (tertiary/aromatic N) is 2. The Morgan fingerprint density at radius 1 is 0.829 bits per heavy atom. The normalized spacial score (nSPS) is 11.2. The second-order valence-electron chi connectivity index (χ2n) is 9.24. The highest BCUT2D eigenvalue weighted by Crippen LogP contribution is 2.37. The molecule has 0 aliphatic carbocycles. The standard InChI is InChI=1S/C29H31ClN4O/c1-18(2)21-15-11-16-22(19(3)4)25(21)32-29(35)33-28-26(23-14-9-10-17-24(23)30)31-27(34(28)5)20-12-7-6-8-13-20/h6-19H,1-5H3,(H2,32,33,35). The molecule has 0 atom stereocenters. The van der Waals surface area contributed by atoms with Crippen LogP contribution in [-0.2, 0) is 7.05 Å². The van der Waals surface area contributed by atoms with Gasteiger partial charge in [-0.3, -0.25) is 5.32 Å². The van der Waals surface area contributed by atoms with Gasteiger partial charge in [-0.05, 0) is 29.0 Å². The monoisotopic (exact) mass is 486 g/mol. The van der Waals surface area contributed by atoms with E-state index in [-0.39, 0.29) is 17.9 Å². The van der Waals surface area contributed by atoms with Gasteiger partial charge in [-0.1, -0.05) is 106 Å². The van der Waals surface area contributed by atoms with Gasteiger partial charge < -0.3 is 9.88 Å². The van der Waals surface area contributed by atoms with E-state index in [2.05, 4.69) is 56.5 Å². The number of amides is 2. The number of aromatic nitrogens is 2. The number of carbonyl (C=O) groups excluding carboxylic acids is 1. The largest absolute Gasteiger partial charge is 0.324 e. The van der Waals surface area contributed by atoms with E-state index in [9.17, 15) is 4.79 Å². The fourth-order valence-corrected chi connectivity index (χ4v) is 4.50. The predicted molar refractivity (Wildman–Crippen MR) is 146 cm³/mol. The summed E-state index contributed by atoms with van der Waals surface area (Å²) in [6.45, 7) is 8.52. The molecule has 2 amide bonds. The number of imidazole rings is 1. The highest BCUT2D eigenvalue weighted by Gasteiger charge is 2.22. The number of anilines is 2. The minimum absolute atomic E-state index is 0.268. The van der Waals surface area contributed by atoms with Crippen LogP contribution in [0.3, 0.4) is 0 Å². The summed E-state index contributed by atoms with van der Waals surface area (Å²) in [4.78, 5) is 18.3. The molecule has 0 saturated carbocycles. The third-order valence-corrected chi connectivity index (χ3v) is 6.43. The van der Waals surface area contributed by atoms with Gasteiger partial charge in [0.25, 0.3) is 0 Å². The van der Waals surface area contributed by atoms with Crippen molar-refractivity contribution in [1.82, 2.24) is 9.55 Å². The van der Waals surface area contributed by atoms with Crippen LogP contribution in [0.1, 0.15) is 50.7 Å². The van der Waals surface area contributed by atoms with Gasteiger partial charge >= 0.3 is 6.03 Å². The van der Waals surface area contributed by atoms with E-state index in [4.69, 9.17) is 16.6 Å². The van der Waals surface area contributed by atoms with Crippen molar-refractivity contribution < 1.29 is 4.79 Å². The molecule has 0 aliphatic rings.